The Morgan fingerprint density at radius 3 is 2.59 bits per heavy atom. The van der Waals surface area contributed by atoms with Gasteiger partial charge in [-0.05, 0) is 38.0 Å². The zero-order valence-corrected chi connectivity index (χ0v) is 18.0. The molecule has 4 aromatic heterocycles. The Morgan fingerprint density at radius 1 is 1.12 bits per heavy atom. The van der Waals surface area contributed by atoms with Crippen molar-refractivity contribution in [2.45, 2.75) is 25.8 Å². The van der Waals surface area contributed by atoms with E-state index in [1.54, 1.807) is 35.1 Å². The fourth-order valence-corrected chi connectivity index (χ4v) is 4.52. The van der Waals surface area contributed by atoms with Crippen LogP contribution in [-0.4, -0.2) is 59.7 Å². The fraction of sp³-hybridized carbons (Fsp3) is 0.348. The van der Waals surface area contributed by atoms with Crippen molar-refractivity contribution in [2.75, 3.05) is 19.7 Å². The van der Waals surface area contributed by atoms with Crippen molar-refractivity contribution in [3.8, 4) is 11.3 Å². The van der Waals surface area contributed by atoms with Crippen LogP contribution in [0.4, 0.5) is 0 Å². The van der Waals surface area contributed by atoms with E-state index in [0.717, 1.165) is 33.4 Å². The molecule has 0 saturated carbocycles. The summed E-state index contributed by atoms with van der Waals surface area (Å²) in [5.74, 6) is -0.272. The summed E-state index contributed by atoms with van der Waals surface area (Å²) in [7, 11) is 1.76. The number of hydrogen-bond donors (Lipinski definition) is 1. The van der Waals surface area contributed by atoms with Crippen LogP contribution in [0.5, 0.6) is 0 Å². The first-order valence-electron chi connectivity index (χ1n) is 10.6. The van der Waals surface area contributed by atoms with Gasteiger partial charge in [-0.15, -0.1) is 0 Å². The summed E-state index contributed by atoms with van der Waals surface area (Å²) < 4.78 is 3.47. The van der Waals surface area contributed by atoms with Gasteiger partial charge in [0.25, 0.3) is 0 Å². The number of aromatic nitrogens is 5. The van der Waals surface area contributed by atoms with E-state index in [4.69, 9.17) is 5.11 Å². The smallest absolute Gasteiger partial charge is 0.329 e. The van der Waals surface area contributed by atoms with Gasteiger partial charge in [0.2, 0.25) is 5.91 Å². The first-order valence-corrected chi connectivity index (χ1v) is 10.6. The van der Waals surface area contributed by atoms with Gasteiger partial charge < -0.3 is 10.0 Å². The molecule has 1 saturated heterocycles. The number of imidazole rings is 1. The van der Waals surface area contributed by atoms with E-state index in [0.29, 0.717) is 31.4 Å². The van der Waals surface area contributed by atoms with Gasteiger partial charge in [-0.1, -0.05) is 0 Å². The molecule has 5 rings (SSSR count). The highest BCUT2D eigenvalue weighted by atomic mass is 16.3. The van der Waals surface area contributed by atoms with Gasteiger partial charge in [0.1, 0.15) is 6.61 Å². The third kappa shape index (κ3) is 3.25. The summed E-state index contributed by atoms with van der Waals surface area (Å²) in [5, 5.41) is 10.0. The van der Waals surface area contributed by atoms with E-state index in [1.807, 2.05) is 29.7 Å². The van der Waals surface area contributed by atoms with E-state index < -0.39 is 6.61 Å². The summed E-state index contributed by atoms with van der Waals surface area (Å²) >= 11 is 0. The molecule has 0 unspecified atom stereocenters. The molecule has 0 bridgehead atoms. The van der Waals surface area contributed by atoms with Gasteiger partial charge in [-0.2, -0.15) is 0 Å². The van der Waals surface area contributed by atoms with Crippen LogP contribution >= 0.6 is 0 Å². The number of aliphatic hydroxyl groups excluding tert-OH is 1. The van der Waals surface area contributed by atoms with Gasteiger partial charge in [0.05, 0.1) is 34.6 Å². The molecule has 0 atom stereocenters. The lowest BCUT2D eigenvalue weighted by molar-refractivity contribution is -0.135. The van der Waals surface area contributed by atoms with Crippen LogP contribution in [-0.2, 0) is 11.8 Å². The van der Waals surface area contributed by atoms with Crippen LogP contribution in [0.3, 0.4) is 0 Å². The minimum absolute atomic E-state index is 0.0443. The average molecular weight is 432 g/mol. The van der Waals surface area contributed by atoms with Crippen LogP contribution < -0.4 is 5.69 Å². The molecule has 164 valence electrons. The predicted molar refractivity (Wildman–Crippen MR) is 120 cm³/mol. The molecule has 0 aliphatic carbocycles. The van der Waals surface area contributed by atoms with Crippen molar-refractivity contribution in [1.82, 2.24) is 29.0 Å². The topological polar surface area (TPSA) is 106 Å². The van der Waals surface area contributed by atoms with Crippen molar-refractivity contribution >= 4 is 27.8 Å². The summed E-state index contributed by atoms with van der Waals surface area (Å²) in [6.07, 6.45) is 6.54. The number of hydrogen-bond acceptors (Lipinski definition) is 6. The largest absolute Gasteiger partial charge is 0.387 e. The number of aryl methyl sites for hydroxylation is 2. The van der Waals surface area contributed by atoms with E-state index >= 15 is 0 Å². The highest BCUT2D eigenvalue weighted by molar-refractivity contribution is 6.03. The monoisotopic (exact) mass is 432 g/mol. The maximum absolute atomic E-state index is 13.2. The fourth-order valence-electron chi connectivity index (χ4n) is 4.52. The zero-order valence-electron chi connectivity index (χ0n) is 18.0. The van der Waals surface area contributed by atoms with Crippen LogP contribution in [0.1, 0.15) is 24.6 Å². The molecule has 0 aromatic carbocycles. The second-order valence-corrected chi connectivity index (χ2v) is 8.25. The molecule has 9 nitrogen and oxygen atoms in total. The lowest BCUT2D eigenvalue weighted by Crippen LogP contribution is -2.42. The second-order valence-electron chi connectivity index (χ2n) is 8.25. The summed E-state index contributed by atoms with van der Waals surface area (Å²) in [6.45, 7) is 2.47. The lowest BCUT2D eigenvalue weighted by atomic mass is 10.0. The van der Waals surface area contributed by atoms with Gasteiger partial charge in [-0.25, -0.2) is 4.79 Å². The SMILES string of the molecule is Cc1ccc(-c2cc3c(cn2)ncc2c3n(C3CCN(C(=O)CO)CC3)c(=O)n2C)cn1. The van der Waals surface area contributed by atoms with E-state index in [2.05, 4.69) is 15.0 Å². The molecule has 4 aromatic rings. The van der Waals surface area contributed by atoms with Gasteiger partial charge in [0.15, 0.2) is 0 Å². The number of carbonyl (C=O) groups is 1. The Hall–Kier alpha value is -3.59. The highest BCUT2D eigenvalue weighted by Crippen LogP contribution is 2.31. The summed E-state index contributed by atoms with van der Waals surface area (Å²) in [4.78, 5) is 40.2. The Balaban J connectivity index is 1.65. The molecule has 1 amide bonds. The Kier molecular flexibility index (Phi) is 4.97. The van der Waals surface area contributed by atoms with E-state index in [-0.39, 0.29) is 17.6 Å². The first-order chi connectivity index (χ1) is 15.5. The molecule has 5 heterocycles. The number of carbonyl (C=O) groups excluding carboxylic acids is 1. The first kappa shape index (κ1) is 20.3. The van der Waals surface area contributed by atoms with Crippen molar-refractivity contribution in [1.29, 1.82) is 0 Å². The van der Waals surface area contributed by atoms with Gasteiger partial charge >= 0.3 is 5.69 Å². The number of nitrogens with zero attached hydrogens (tertiary/aromatic N) is 6. The molecular formula is C23H24N6O3. The number of amides is 1. The molecule has 1 fully saturated rings. The number of piperidine rings is 1. The van der Waals surface area contributed by atoms with Crippen molar-refractivity contribution in [3.63, 3.8) is 0 Å². The Labute approximate surface area is 184 Å². The van der Waals surface area contributed by atoms with Crippen LogP contribution in [0.25, 0.3) is 33.2 Å². The predicted octanol–water partition coefficient (Wildman–Crippen LogP) is 1.81. The molecule has 0 spiro atoms. The highest BCUT2D eigenvalue weighted by Gasteiger charge is 2.27. The van der Waals surface area contributed by atoms with Crippen molar-refractivity contribution < 1.29 is 9.90 Å². The van der Waals surface area contributed by atoms with Crippen LogP contribution in [0.15, 0.2) is 41.6 Å². The summed E-state index contributed by atoms with van der Waals surface area (Å²) in [6, 6.07) is 5.85. The lowest BCUT2D eigenvalue weighted by Gasteiger charge is -2.32. The Morgan fingerprint density at radius 2 is 1.91 bits per heavy atom. The number of fused-ring (bicyclic) bond motifs is 3. The van der Waals surface area contributed by atoms with Crippen LogP contribution in [0, 0.1) is 6.92 Å². The van der Waals surface area contributed by atoms with Crippen molar-refractivity contribution in [3.05, 3.63) is 53.0 Å². The standard InChI is InChI=1S/C23H24N6O3/c1-14-3-4-15(10-24-14)18-9-17-19(11-25-18)26-12-20-22(17)29(23(32)27(20)2)16-5-7-28(8-6-16)21(31)13-30/h3-4,9-12,16,30H,5-8,13H2,1-2H3. The molecule has 1 N–H and O–H groups in total. The zero-order chi connectivity index (χ0) is 22.4. The van der Waals surface area contributed by atoms with Crippen molar-refractivity contribution in [2.24, 2.45) is 7.05 Å². The minimum Gasteiger partial charge on any atom is -0.387 e. The maximum atomic E-state index is 13.2. The molecule has 32 heavy (non-hydrogen) atoms. The second kappa shape index (κ2) is 7.83. The Bertz CT molecular complexity index is 1380. The number of likely N-dealkylation sites (tertiary alicyclic amines) is 1. The average Bonchev–Trinajstić information content (AvgIpc) is 3.09. The molecule has 1 aliphatic rings. The third-order valence-electron chi connectivity index (χ3n) is 6.33. The normalized spacial score (nSPS) is 15.0. The number of pyridine rings is 3. The van der Waals surface area contributed by atoms with E-state index in [9.17, 15) is 9.59 Å². The molecular weight excluding hydrogens is 408 g/mol. The quantitative estimate of drug-likeness (QED) is 0.529. The maximum Gasteiger partial charge on any atom is 0.329 e. The number of rotatable bonds is 3. The van der Waals surface area contributed by atoms with E-state index in [1.165, 1.54) is 0 Å². The minimum atomic E-state index is -0.487. The third-order valence-corrected chi connectivity index (χ3v) is 6.33. The van der Waals surface area contributed by atoms with Gasteiger partial charge in [0, 0.05) is 49.0 Å². The summed E-state index contributed by atoms with van der Waals surface area (Å²) in [5.41, 5.74) is 4.81. The van der Waals surface area contributed by atoms with Crippen LogP contribution in [0.2, 0.25) is 0 Å². The van der Waals surface area contributed by atoms with Gasteiger partial charge in [-0.3, -0.25) is 28.9 Å². The molecule has 1 aliphatic heterocycles. The molecule has 0 radical (unpaired) electrons. The number of aliphatic hydroxyl groups is 1. The molecule has 9 heteroatoms.